The number of anilines is 1. The predicted octanol–water partition coefficient (Wildman–Crippen LogP) is 4.33. The lowest BCUT2D eigenvalue weighted by Gasteiger charge is -2.19. The van der Waals surface area contributed by atoms with Crippen LogP contribution in [-0.2, 0) is 15.4 Å². The Morgan fingerprint density at radius 1 is 1.10 bits per heavy atom. The molecule has 0 aliphatic carbocycles. The van der Waals surface area contributed by atoms with E-state index >= 15 is 0 Å². The predicted molar refractivity (Wildman–Crippen MR) is 123 cm³/mol. The number of hydrogen-bond acceptors (Lipinski definition) is 4. The quantitative estimate of drug-likeness (QED) is 0.614. The highest BCUT2D eigenvalue weighted by atomic mass is 35.5. The zero-order valence-electron chi connectivity index (χ0n) is 18.0. The van der Waals surface area contributed by atoms with Gasteiger partial charge in [0.05, 0.1) is 28.0 Å². The number of aromatic nitrogens is 2. The summed E-state index contributed by atoms with van der Waals surface area (Å²) in [6, 6.07) is 11.5. The fraction of sp³-hybridized carbons (Fsp3) is 0.273. The molecule has 7 nitrogen and oxygen atoms in total. The van der Waals surface area contributed by atoms with Crippen molar-refractivity contribution in [2.75, 3.05) is 18.8 Å². The van der Waals surface area contributed by atoms with Gasteiger partial charge in [-0.2, -0.15) is 5.10 Å². The molecule has 0 bridgehead atoms. The molecule has 1 N–H and O–H groups in total. The first-order chi connectivity index (χ1) is 14.4. The summed E-state index contributed by atoms with van der Waals surface area (Å²) in [4.78, 5) is 13.8. The molecule has 1 heterocycles. The lowest BCUT2D eigenvalue weighted by atomic mass is 9.87. The molecule has 0 atom stereocenters. The third kappa shape index (κ3) is 5.08. The summed E-state index contributed by atoms with van der Waals surface area (Å²) >= 11 is 6.12. The van der Waals surface area contributed by atoms with Crippen LogP contribution in [0.5, 0.6) is 0 Å². The first kappa shape index (κ1) is 22.8. The largest absolute Gasteiger partial charge is 0.345 e. The molecule has 0 aliphatic rings. The van der Waals surface area contributed by atoms with Gasteiger partial charge in [0.1, 0.15) is 0 Å². The molecule has 0 saturated heterocycles. The van der Waals surface area contributed by atoms with Gasteiger partial charge in [-0.1, -0.05) is 44.5 Å². The lowest BCUT2D eigenvalue weighted by Crippen LogP contribution is -2.21. The summed E-state index contributed by atoms with van der Waals surface area (Å²) < 4.78 is 30.1. The number of sulfonamides is 1. The second-order valence-electron chi connectivity index (χ2n) is 8.41. The molecule has 1 aromatic heterocycles. The number of nitrogens with one attached hydrogen (secondary N) is 1. The van der Waals surface area contributed by atoms with E-state index in [0.29, 0.717) is 16.3 Å². The number of rotatable bonds is 5. The molecule has 0 spiro atoms. The van der Waals surface area contributed by atoms with Crippen LogP contribution in [0.25, 0.3) is 5.69 Å². The zero-order valence-corrected chi connectivity index (χ0v) is 19.6. The molecule has 9 heteroatoms. The van der Waals surface area contributed by atoms with Crippen LogP contribution in [0.15, 0.2) is 59.8 Å². The highest BCUT2D eigenvalue weighted by Gasteiger charge is 2.20. The van der Waals surface area contributed by atoms with Crippen molar-refractivity contribution >= 4 is 33.2 Å². The highest BCUT2D eigenvalue weighted by Crippen LogP contribution is 2.28. The normalized spacial score (nSPS) is 11.9. The van der Waals surface area contributed by atoms with Gasteiger partial charge < -0.3 is 4.90 Å². The molecule has 3 aromatic rings. The van der Waals surface area contributed by atoms with Gasteiger partial charge in [-0.25, -0.2) is 13.1 Å². The van der Waals surface area contributed by atoms with Crippen LogP contribution in [-0.4, -0.2) is 43.1 Å². The second-order valence-corrected chi connectivity index (χ2v) is 10.5. The fourth-order valence-corrected chi connectivity index (χ4v) is 4.19. The number of nitrogens with zero attached hydrogens (tertiary/aromatic N) is 3. The van der Waals surface area contributed by atoms with Gasteiger partial charge in [-0.15, -0.1) is 0 Å². The van der Waals surface area contributed by atoms with Crippen molar-refractivity contribution in [2.45, 2.75) is 31.1 Å². The summed E-state index contributed by atoms with van der Waals surface area (Å²) in [7, 11) is -0.580. The molecule has 164 valence electrons. The van der Waals surface area contributed by atoms with Crippen LogP contribution in [0.3, 0.4) is 0 Å². The van der Waals surface area contributed by atoms with Crippen molar-refractivity contribution in [3.05, 3.63) is 71.0 Å². The second kappa shape index (κ2) is 8.36. The summed E-state index contributed by atoms with van der Waals surface area (Å²) in [5.74, 6) is -0.207. The third-order valence-electron chi connectivity index (χ3n) is 4.72. The minimum absolute atomic E-state index is 0.0857. The van der Waals surface area contributed by atoms with E-state index in [1.807, 2.05) is 0 Å². The van der Waals surface area contributed by atoms with Gasteiger partial charge in [-0.3, -0.25) is 9.52 Å². The molecular weight excluding hydrogens is 436 g/mol. The fourth-order valence-electron chi connectivity index (χ4n) is 2.95. The maximum absolute atomic E-state index is 13.0. The molecule has 31 heavy (non-hydrogen) atoms. The smallest absolute Gasteiger partial charge is 0.261 e. The number of halogens is 1. The van der Waals surface area contributed by atoms with Crippen LogP contribution < -0.4 is 4.72 Å². The number of carbonyl (C=O) groups is 1. The van der Waals surface area contributed by atoms with Gasteiger partial charge >= 0.3 is 0 Å². The van der Waals surface area contributed by atoms with E-state index in [1.165, 1.54) is 21.8 Å². The Hall–Kier alpha value is -2.84. The van der Waals surface area contributed by atoms with Crippen LogP contribution in [0.1, 0.15) is 36.7 Å². The van der Waals surface area contributed by atoms with Crippen molar-refractivity contribution in [2.24, 2.45) is 0 Å². The Balaban J connectivity index is 1.97. The molecule has 3 rings (SSSR count). The molecule has 0 unspecified atom stereocenters. The average molecular weight is 461 g/mol. The van der Waals surface area contributed by atoms with Crippen molar-refractivity contribution < 1.29 is 13.2 Å². The van der Waals surface area contributed by atoms with E-state index in [-0.39, 0.29) is 21.9 Å². The SMILES string of the molecule is CN(C)C(=O)c1cnn(-c2ccc(Cl)cc2NS(=O)(=O)c2ccc(C(C)(C)C)cc2)c1. The summed E-state index contributed by atoms with van der Waals surface area (Å²) in [6.45, 7) is 6.19. The Morgan fingerprint density at radius 2 is 1.74 bits per heavy atom. The number of amides is 1. The minimum atomic E-state index is -3.87. The molecular formula is C22H25ClN4O3S. The third-order valence-corrected chi connectivity index (χ3v) is 6.33. The molecule has 2 aromatic carbocycles. The van der Waals surface area contributed by atoms with Gasteiger partial charge in [0.25, 0.3) is 15.9 Å². The van der Waals surface area contributed by atoms with E-state index in [2.05, 4.69) is 30.6 Å². The minimum Gasteiger partial charge on any atom is -0.345 e. The molecule has 1 amide bonds. The molecule has 0 aliphatic heterocycles. The first-order valence-corrected chi connectivity index (χ1v) is 11.4. The van der Waals surface area contributed by atoms with Gasteiger partial charge in [0.15, 0.2) is 0 Å². The zero-order chi connectivity index (χ0) is 23.0. The Kier molecular flexibility index (Phi) is 6.16. The summed E-state index contributed by atoms with van der Waals surface area (Å²) in [5.41, 5.74) is 2.02. The molecule has 0 saturated carbocycles. The van der Waals surface area contributed by atoms with E-state index < -0.39 is 10.0 Å². The van der Waals surface area contributed by atoms with E-state index in [1.54, 1.807) is 56.7 Å². The monoisotopic (exact) mass is 460 g/mol. The van der Waals surface area contributed by atoms with E-state index in [4.69, 9.17) is 11.6 Å². The van der Waals surface area contributed by atoms with Crippen LogP contribution in [0, 0.1) is 0 Å². The topological polar surface area (TPSA) is 84.3 Å². The Morgan fingerprint density at radius 3 is 2.32 bits per heavy atom. The summed E-state index contributed by atoms with van der Waals surface area (Å²) in [6.07, 6.45) is 2.97. The number of benzene rings is 2. The maximum Gasteiger partial charge on any atom is 0.261 e. The first-order valence-electron chi connectivity index (χ1n) is 9.58. The van der Waals surface area contributed by atoms with Crippen molar-refractivity contribution in [1.29, 1.82) is 0 Å². The van der Waals surface area contributed by atoms with Crippen molar-refractivity contribution in [3.8, 4) is 5.69 Å². The highest BCUT2D eigenvalue weighted by molar-refractivity contribution is 7.92. The van der Waals surface area contributed by atoms with Crippen molar-refractivity contribution in [3.63, 3.8) is 0 Å². The van der Waals surface area contributed by atoms with E-state index in [9.17, 15) is 13.2 Å². The lowest BCUT2D eigenvalue weighted by molar-refractivity contribution is 0.0827. The van der Waals surface area contributed by atoms with E-state index in [0.717, 1.165) is 5.56 Å². The van der Waals surface area contributed by atoms with Gasteiger partial charge in [-0.05, 0) is 41.3 Å². The maximum atomic E-state index is 13.0. The van der Waals surface area contributed by atoms with Crippen LogP contribution in [0.2, 0.25) is 5.02 Å². The Labute approximate surface area is 187 Å². The standard InChI is InChI=1S/C22H25ClN4O3S/c1-22(2,3)16-6-9-18(10-7-16)31(29,30)25-19-12-17(23)8-11-20(19)27-14-15(13-24-27)21(28)26(4)5/h6-14,25H,1-5H3. The van der Waals surface area contributed by atoms with Crippen molar-refractivity contribution in [1.82, 2.24) is 14.7 Å². The number of hydrogen-bond donors (Lipinski definition) is 1. The van der Waals surface area contributed by atoms with Crippen LogP contribution >= 0.6 is 11.6 Å². The molecule has 0 fully saturated rings. The van der Waals surface area contributed by atoms with Gasteiger partial charge in [0.2, 0.25) is 0 Å². The Bertz CT molecular complexity index is 1210. The van der Waals surface area contributed by atoms with Gasteiger partial charge in [0, 0.05) is 25.3 Å². The average Bonchev–Trinajstić information content (AvgIpc) is 3.16. The summed E-state index contributed by atoms with van der Waals surface area (Å²) in [5, 5.41) is 4.58. The molecule has 0 radical (unpaired) electrons. The van der Waals surface area contributed by atoms with Crippen LogP contribution in [0.4, 0.5) is 5.69 Å². The number of carbonyl (C=O) groups excluding carboxylic acids is 1.